The number of carboxylic acids is 1. The van der Waals surface area contributed by atoms with E-state index in [0.717, 1.165) is 83.7 Å². The molecule has 0 spiro atoms. The van der Waals surface area contributed by atoms with Crippen LogP contribution in [0.4, 0.5) is 4.79 Å². The van der Waals surface area contributed by atoms with Crippen molar-refractivity contribution < 1.29 is 30.0 Å². The van der Waals surface area contributed by atoms with Crippen LogP contribution in [0.15, 0.2) is 23.3 Å². The number of hydrogen-bond acceptors (Lipinski definition) is 5. The topological polar surface area (TPSA) is 144 Å². The van der Waals surface area contributed by atoms with E-state index in [-0.39, 0.29) is 42.4 Å². The molecule has 2 amide bonds. The Morgan fingerprint density at radius 1 is 1.08 bits per heavy atom. The molecule has 3 aliphatic carbocycles. The van der Waals surface area contributed by atoms with E-state index in [4.69, 9.17) is 10.8 Å². The van der Waals surface area contributed by atoms with Crippen LogP contribution in [-0.4, -0.2) is 69.2 Å². The average Bonchev–Trinajstić information content (AvgIpc) is 3.21. The number of carbonyl (C=O) groups is 2. The summed E-state index contributed by atoms with van der Waals surface area (Å²) in [5, 5.41) is 39.3. The van der Waals surface area contributed by atoms with Crippen molar-refractivity contribution in [3.8, 4) is 0 Å². The fourth-order valence-electron chi connectivity index (χ4n) is 7.39. The summed E-state index contributed by atoms with van der Waals surface area (Å²) in [6, 6.07) is -0.269. The maximum absolute atomic E-state index is 11.0. The summed E-state index contributed by atoms with van der Waals surface area (Å²) in [5.41, 5.74) is 7.84. The number of aliphatic hydroxyl groups is 3. The molecular weight excluding hydrogens is 472 g/mol. The largest absolute Gasteiger partial charge is 0.481 e. The van der Waals surface area contributed by atoms with Crippen LogP contribution in [0.1, 0.15) is 90.4 Å². The lowest BCUT2D eigenvalue weighted by molar-refractivity contribution is -0.141. The van der Waals surface area contributed by atoms with Gasteiger partial charge in [-0.3, -0.25) is 4.79 Å². The summed E-state index contributed by atoms with van der Waals surface area (Å²) >= 11 is 0. The zero-order valence-electron chi connectivity index (χ0n) is 22.5. The van der Waals surface area contributed by atoms with Crippen LogP contribution in [0.3, 0.4) is 0 Å². The molecule has 1 unspecified atom stereocenters. The van der Waals surface area contributed by atoms with Crippen LogP contribution in [0.5, 0.6) is 0 Å². The third-order valence-electron chi connectivity index (χ3n) is 9.38. The Balaban J connectivity index is 0.000000356. The zero-order chi connectivity index (χ0) is 27.0. The molecule has 37 heavy (non-hydrogen) atoms. The Labute approximate surface area is 221 Å². The highest BCUT2D eigenvalue weighted by Gasteiger charge is 2.52. The molecule has 4 rings (SSSR count). The number of nitrogens with two attached hydrogens (primary N) is 1. The predicted octanol–water partition coefficient (Wildman–Crippen LogP) is 3.99. The molecule has 6 N–H and O–H groups in total. The molecule has 0 aromatic carbocycles. The standard InChI is InChI=1S/C23H36O5.C6H12N2O/c1-23-11-3-5-16(8-7-15-4-2-6-17(25)12-15)19(23)9-10-20(23)18(14-24)21(26)13-22(27)28;7-6(9)8-4-2-1-3-5-8/h7-8,17-21,24-26H,2-6,9-14H2,1H3,(H,27,28);1-5H2,(H2,7,9)/t17-,18-,19-,20+,21?,23-;/m0./s1. The summed E-state index contributed by atoms with van der Waals surface area (Å²) in [4.78, 5) is 23.2. The summed E-state index contributed by atoms with van der Waals surface area (Å²) < 4.78 is 0. The van der Waals surface area contributed by atoms with Gasteiger partial charge in [-0.05, 0) is 94.3 Å². The lowest BCUT2D eigenvalue weighted by Gasteiger charge is -2.45. The Morgan fingerprint density at radius 3 is 2.41 bits per heavy atom. The summed E-state index contributed by atoms with van der Waals surface area (Å²) in [6.07, 6.45) is 15.5. The maximum atomic E-state index is 11.0. The van der Waals surface area contributed by atoms with E-state index in [1.54, 1.807) is 4.90 Å². The van der Waals surface area contributed by atoms with Crippen LogP contribution >= 0.6 is 0 Å². The van der Waals surface area contributed by atoms with Gasteiger partial charge in [-0.25, -0.2) is 4.79 Å². The van der Waals surface area contributed by atoms with Crippen LogP contribution in [0, 0.1) is 23.2 Å². The number of carbonyl (C=O) groups excluding carboxylic acids is 1. The van der Waals surface area contributed by atoms with Gasteiger partial charge in [-0.15, -0.1) is 0 Å². The SMILES string of the molecule is C[C@]12CCCC(=CC=C3CCC[C@H](O)C3)[C@@H]1CC[C@@H]2[C@H](CO)C(O)CC(=O)O.NC(=O)N1CCCCC1. The maximum Gasteiger partial charge on any atom is 0.314 e. The van der Waals surface area contributed by atoms with Crippen LogP contribution < -0.4 is 5.73 Å². The second-order valence-corrected chi connectivity index (χ2v) is 11.8. The molecule has 4 aliphatic rings. The van der Waals surface area contributed by atoms with Gasteiger partial charge in [0.2, 0.25) is 0 Å². The van der Waals surface area contributed by atoms with Crippen LogP contribution in [-0.2, 0) is 4.79 Å². The first-order chi connectivity index (χ1) is 17.7. The van der Waals surface area contributed by atoms with Gasteiger partial charge in [0.15, 0.2) is 0 Å². The second kappa shape index (κ2) is 13.8. The Bertz CT molecular complexity index is 836. The van der Waals surface area contributed by atoms with Crippen molar-refractivity contribution in [3.05, 3.63) is 23.3 Å². The Morgan fingerprint density at radius 2 is 1.81 bits per heavy atom. The molecule has 0 bridgehead atoms. The van der Waals surface area contributed by atoms with E-state index < -0.39 is 12.1 Å². The van der Waals surface area contributed by atoms with Crippen molar-refractivity contribution in [1.82, 2.24) is 4.90 Å². The highest BCUT2D eigenvalue weighted by Crippen LogP contribution is 2.59. The number of allylic oxidation sites excluding steroid dienone is 3. The molecule has 4 fully saturated rings. The molecule has 6 atom stereocenters. The monoisotopic (exact) mass is 520 g/mol. The first-order valence-electron chi connectivity index (χ1n) is 14.3. The molecular formula is C29H48N2O6. The van der Waals surface area contributed by atoms with Crippen molar-refractivity contribution in [3.63, 3.8) is 0 Å². The first-order valence-corrected chi connectivity index (χ1v) is 14.3. The lowest BCUT2D eigenvalue weighted by Crippen LogP contribution is -2.42. The number of rotatable bonds is 6. The van der Waals surface area contributed by atoms with Crippen LogP contribution in [0.25, 0.3) is 0 Å². The zero-order valence-corrected chi connectivity index (χ0v) is 22.5. The molecule has 8 nitrogen and oxygen atoms in total. The van der Waals surface area contributed by atoms with Gasteiger partial charge in [-0.1, -0.05) is 30.2 Å². The minimum atomic E-state index is -1.02. The lowest BCUT2D eigenvalue weighted by atomic mass is 9.60. The molecule has 8 heteroatoms. The number of amides is 2. The molecule has 0 aromatic heterocycles. The summed E-state index contributed by atoms with van der Waals surface area (Å²) in [6.45, 7) is 3.82. The molecule has 0 aromatic rings. The predicted molar refractivity (Wildman–Crippen MR) is 143 cm³/mol. The fourth-order valence-corrected chi connectivity index (χ4v) is 7.39. The van der Waals surface area contributed by atoms with Gasteiger partial charge in [0, 0.05) is 25.6 Å². The van der Waals surface area contributed by atoms with E-state index in [1.807, 2.05) is 0 Å². The number of aliphatic hydroxyl groups excluding tert-OH is 3. The normalized spacial score (nSPS) is 33.8. The van der Waals surface area contributed by atoms with Gasteiger partial charge in [0.05, 0.1) is 18.6 Å². The molecule has 0 radical (unpaired) electrons. The molecule has 3 saturated carbocycles. The van der Waals surface area contributed by atoms with E-state index in [0.29, 0.717) is 5.92 Å². The van der Waals surface area contributed by atoms with Crippen molar-refractivity contribution in [2.24, 2.45) is 28.9 Å². The minimum absolute atomic E-state index is 0.00154. The highest BCUT2D eigenvalue weighted by atomic mass is 16.4. The Hall–Kier alpha value is -1.90. The number of primary amides is 1. The van der Waals surface area contributed by atoms with Crippen molar-refractivity contribution >= 4 is 12.0 Å². The van der Waals surface area contributed by atoms with E-state index >= 15 is 0 Å². The number of piperidine rings is 1. The van der Waals surface area contributed by atoms with Gasteiger partial charge in [-0.2, -0.15) is 0 Å². The summed E-state index contributed by atoms with van der Waals surface area (Å²) in [7, 11) is 0. The quantitative estimate of drug-likeness (QED) is 0.358. The number of hydrogen-bond donors (Lipinski definition) is 5. The third-order valence-corrected chi connectivity index (χ3v) is 9.38. The smallest absolute Gasteiger partial charge is 0.314 e. The van der Waals surface area contributed by atoms with Gasteiger partial charge >= 0.3 is 12.0 Å². The molecule has 1 aliphatic heterocycles. The average molecular weight is 521 g/mol. The number of fused-ring (bicyclic) bond motifs is 1. The second-order valence-electron chi connectivity index (χ2n) is 11.8. The van der Waals surface area contributed by atoms with E-state index in [2.05, 4.69) is 19.1 Å². The highest BCUT2D eigenvalue weighted by molar-refractivity contribution is 5.72. The third kappa shape index (κ3) is 7.80. The van der Waals surface area contributed by atoms with E-state index in [1.165, 1.54) is 17.6 Å². The van der Waals surface area contributed by atoms with Crippen molar-refractivity contribution in [1.29, 1.82) is 0 Å². The van der Waals surface area contributed by atoms with Gasteiger partial charge in [0.1, 0.15) is 0 Å². The van der Waals surface area contributed by atoms with Gasteiger partial charge in [0.25, 0.3) is 0 Å². The van der Waals surface area contributed by atoms with Crippen molar-refractivity contribution in [2.45, 2.75) is 103 Å². The Kier molecular flexibility index (Phi) is 11.0. The van der Waals surface area contributed by atoms with Crippen molar-refractivity contribution in [2.75, 3.05) is 19.7 Å². The fraction of sp³-hybridized carbons (Fsp3) is 0.793. The molecule has 210 valence electrons. The number of likely N-dealkylation sites (tertiary alicyclic amines) is 1. The number of carboxylic acid groups (broad SMARTS) is 1. The van der Waals surface area contributed by atoms with Crippen LogP contribution in [0.2, 0.25) is 0 Å². The van der Waals surface area contributed by atoms with Gasteiger partial charge < -0.3 is 31.1 Å². The number of aliphatic carboxylic acids is 1. The minimum Gasteiger partial charge on any atom is -0.481 e. The number of urea groups is 1. The van der Waals surface area contributed by atoms with E-state index in [9.17, 15) is 24.9 Å². The summed E-state index contributed by atoms with van der Waals surface area (Å²) in [5.74, 6) is -0.819. The molecule has 1 heterocycles. The number of nitrogens with zero attached hydrogens (tertiary/aromatic N) is 1. The molecule has 1 saturated heterocycles. The first kappa shape index (κ1) is 29.7.